The number of nitrogens with zero attached hydrogens (tertiary/aromatic N) is 2. The van der Waals surface area contributed by atoms with Crippen LogP contribution in [-0.2, 0) is 0 Å². The Bertz CT molecular complexity index is 321. The minimum Gasteiger partial charge on any atom is -0.373 e. The Morgan fingerprint density at radius 2 is 2.06 bits per heavy atom. The maximum atomic E-state index is 4.45. The lowest BCUT2D eigenvalue weighted by Gasteiger charge is -2.15. The number of aromatic nitrogens is 2. The molecule has 4 nitrogen and oxygen atoms in total. The van der Waals surface area contributed by atoms with E-state index in [9.17, 15) is 0 Å². The minimum atomic E-state index is 0.448. The summed E-state index contributed by atoms with van der Waals surface area (Å²) in [6.07, 6.45) is 5.63. The number of hydrogen-bond donors (Lipinski definition) is 2. The van der Waals surface area contributed by atoms with Crippen molar-refractivity contribution in [1.82, 2.24) is 9.97 Å². The SMILES string of the molecule is CCCCC(C)Nc1cc(NC)nc(SC)n1. The first-order chi connectivity index (χ1) is 8.19. The van der Waals surface area contributed by atoms with Gasteiger partial charge in [0.05, 0.1) is 0 Å². The average Bonchev–Trinajstić information content (AvgIpc) is 2.35. The molecule has 0 aromatic carbocycles. The Morgan fingerprint density at radius 1 is 1.35 bits per heavy atom. The van der Waals surface area contributed by atoms with Gasteiger partial charge in [0.25, 0.3) is 0 Å². The monoisotopic (exact) mass is 254 g/mol. The quantitative estimate of drug-likeness (QED) is 0.578. The molecule has 1 aromatic rings. The fourth-order valence-corrected chi connectivity index (χ4v) is 1.93. The van der Waals surface area contributed by atoms with Crippen LogP contribution in [0.2, 0.25) is 0 Å². The van der Waals surface area contributed by atoms with E-state index in [1.165, 1.54) is 19.3 Å². The molecule has 1 rings (SSSR count). The smallest absolute Gasteiger partial charge is 0.191 e. The molecule has 0 spiro atoms. The summed E-state index contributed by atoms with van der Waals surface area (Å²) in [6, 6.07) is 2.39. The van der Waals surface area contributed by atoms with E-state index in [0.717, 1.165) is 16.8 Å². The number of rotatable bonds is 7. The molecule has 2 N–H and O–H groups in total. The van der Waals surface area contributed by atoms with Crippen LogP contribution in [0.5, 0.6) is 0 Å². The molecule has 0 bridgehead atoms. The van der Waals surface area contributed by atoms with E-state index in [1.54, 1.807) is 11.8 Å². The number of unbranched alkanes of at least 4 members (excludes halogenated alkanes) is 1. The second-order valence-corrected chi connectivity index (χ2v) is 4.84. The number of nitrogens with one attached hydrogen (secondary N) is 2. The van der Waals surface area contributed by atoms with Crippen molar-refractivity contribution in [2.75, 3.05) is 23.9 Å². The van der Waals surface area contributed by atoms with Gasteiger partial charge in [-0.15, -0.1) is 0 Å². The maximum Gasteiger partial charge on any atom is 0.191 e. The molecule has 5 heteroatoms. The summed E-state index contributed by atoms with van der Waals surface area (Å²) >= 11 is 1.56. The highest BCUT2D eigenvalue weighted by atomic mass is 32.2. The molecule has 0 aliphatic carbocycles. The van der Waals surface area contributed by atoms with E-state index in [0.29, 0.717) is 6.04 Å². The molecule has 0 saturated heterocycles. The zero-order valence-electron chi connectivity index (χ0n) is 11.1. The first kappa shape index (κ1) is 14.1. The van der Waals surface area contributed by atoms with Gasteiger partial charge in [0.15, 0.2) is 5.16 Å². The third kappa shape index (κ3) is 4.81. The van der Waals surface area contributed by atoms with Crippen molar-refractivity contribution in [2.45, 2.75) is 44.3 Å². The summed E-state index contributed by atoms with van der Waals surface area (Å²) in [7, 11) is 1.87. The fourth-order valence-electron chi connectivity index (χ4n) is 1.55. The molecule has 0 fully saturated rings. The Morgan fingerprint density at radius 3 is 2.65 bits per heavy atom. The van der Waals surface area contributed by atoms with E-state index in [-0.39, 0.29) is 0 Å². The lowest BCUT2D eigenvalue weighted by atomic mass is 10.1. The Balaban J connectivity index is 2.68. The van der Waals surface area contributed by atoms with Gasteiger partial charge in [0.1, 0.15) is 11.6 Å². The van der Waals surface area contributed by atoms with Crippen LogP contribution < -0.4 is 10.6 Å². The van der Waals surface area contributed by atoms with E-state index in [1.807, 2.05) is 19.4 Å². The molecule has 1 heterocycles. The van der Waals surface area contributed by atoms with E-state index < -0.39 is 0 Å². The van der Waals surface area contributed by atoms with Gasteiger partial charge in [-0.05, 0) is 19.6 Å². The number of anilines is 2. The average molecular weight is 254 g/mol. The lowest BCUT2D eigenvalue weighted by Crippen LogP contribution is -2.16. The summed E-state index contributed by atoms with van der Waals surface area (Å²) in [6.45, 7) is 4.40. The van der Waals surface area contributed by atoms with Crippen LogP contribution in [0.15, 0.2) is 11.2 Å². The Hall–Kier alpha value is -0.970. The normalized spacial score (nSPS) is 12.2. The summed E-state index contributed by atoms with van der Waals surface area (Å²) in [5.41, 5.74) is 0. The molecule has 0 amide bonds. The fraction of sp³-hybridized carbons (Fsp3) is 0.667. The maximum absolute atomic E-state index is 4.45. The predicted molar refractivity (Wildman–Crippen MR) is 76.0 cm³/mol. The summed E-state index contributed by atoms with van der Waals surface area (Å²) in [4.78, 5) is 8.79. The van der Waals surface area contributed by atoms with Gasteiger partial charge < -0.3 is 10.6 Å². The van der Waals surface area contributed by atoms with Gasteiger partial charge in [0.2, 0.25) is 0 Å². The highest BCUT2D eigenvalue weighted by Crippen LogP contribution is 2.18. The van der Waals surface area contributed by atoms with E-state index >= 15 is 0 Å². The topological polar surface area (TPSA) is 49.8 Å². The standard InChI is InChI=1S/C12H22N4S/c1-5-6-7-9(2)14-11-8-10(13-3)15-12(16-11)17-4/h8-9H,5-7H2,1-4H3,(H2,13,14,15,16). The van der Waals surface area contributed by atoms with Crippen LogP contribution in [0.1, 0.15) is 33.1 Å². The van der Waals surface area contributed by atoms with Crippen molar-refractivity contribution in [3.8, 4) is 0 Å². The van der Waals surface area contributed by atoms with Crippen LogP contribution in [0, 0.1) is 0 Å². The molecule has 1 aromatic heterocycles. The lowest BCUT2D eigenvalue weighted by molar-refractivity contribution is 0.642. The number of thioether (sulfide) groups is 1. The first-order valence-electron chi connectivity index (χ1n) is 6.07. The Kier molecular flexibility index (Phi) is 6.11. The van der Waals surface area contributed by atoms with Gasteiger partial charge in [-0.3, -0.25) is 0 Å². The third-order valence-electron chi connectivity index (χ3n) is 2.53. The molecule has 0 saturated carbocycles. The highest BCUT2D eigenvalue weighted by Gasteiger charge is 2.06. The van der Waals surface area contributed by atoms with Crippen molar-refractivity contribution in [2.24, 2.45) is 0 Å². The summed E-state index contributed by atoms with van der Waals surface area (Å²) in [5.74, 6) is 1.76. The van der Waals surface area contributed by atoms with E-state index in [2.05, 4.69) is 34.4 Å². The molecule has 1 atom stereocenters. The van der Waals surface area contributed by atoms with Gasteiger partial charge in [-0.25, -0.2) is 9.97 Å². The molecule has 0 radical (unpaired) electrons. The van der Waals surface area contributed by atoms with Crippen molar-refractivity contribution in [1.29, 1.82) is 0 Å². The minimum absolute atomic E-state index is 0.448. The third-order valence-corrected chi connectivity index (χ3v) is 3.08. The molecule has 0 aliphatic rings. The van der Waals surface area contributed by atoms with Crippen molar-refractivity contribution < 1.29 is 0 Å². The zero-order valence-corrected chi connectivity index (χ0v) is 11.9. The van der Waals surface area contributed by atoms with E-state index in [4.69, 9.17) is 0 Å². The van der Waals surface area contributed by atoms with Crippen LogP contribution in [0.4, 0.5) is 11.6 Å². The second kappa shape index (κ2) is 7.37. The highest BCUT2D eigenvalue weighted by molar-refractivity contribution is 7.98. The molecule has 96 valence electrons. The van der Waals surface area contributed by atoms with Crippen molar-refractivity contribution >= 4 is 23.4 Å². The molecule has 1 unspecified atom stereocenters. The molecular formula is C12H22N4S. The van der Waals surface area contributed by atoms with Gasteiger partial charge in [-0.1, -0.05) is 31.5 Å². The zero-order chi connectivity index (χ0) is 12.7. The first-order valence-corrected chi connectivity index (χ1v) is 7.29. The van der Waals surface area contributed by atoms with Crippen LogP contribution in [0.3, 0.4) is 0 Å². The Labute approximate surface area is 108 Å². The molecule has 0 aliphatic heterocycles. The van der Waals surface area contributed by atoms with Crippen LogP contribution in [-0.4, -0.2) is 29.3 Å². The molecule has 17 heavy (non-hydrogen) atoms. The number of hydrogen-bond acceptors (Lipinski definition) is 5. The largest absolute Gasteiger partial charge is 0.373 e. The molecular weight excluding hydrogens is 232 g/mol. The predicted octanol–water partition coefficient (Wildman–Crippen LogP) is 3.23. The van der Waals surface area contributed by atoms with Crippen molar-refractivity contribution in [3.05, 3.63) is 6.07 Å². The van der Waals surface area contributed by atoms with Gasteiger partial charge >= 0.3 is 0 Å². The second-order valence-electron chi connectivity index (χ2n) is 4.06. The van der Waals surface area contributed by atoms with Crippen LogP contribution >= 0.6 is 11.8 Å². The van der Waals surface area contributed by atoms with Crippen LogP contribution in [0.25, 0.3) is 0 Å². The van der Waals surface area contributed by atoms with Crippen molar-refractivity contribution in [3.63, 3.8) is 0 Å². The summed E-state index contributed by atoms with van der Waals surface area (Å²) in [5, 5.41) is 7.27. The summed E-state index contributed by atoms with van der Waals surface area (Å²) < 4.78 is 0. The van der Waals surface area contributed by atoms with Gasteiger partial charge in [0, 0.05) is 19.2 Å². The van der Waals surface area contributed by atoms with Gasteiger partial charge in [-0.2, -0.15) is 0 Å².